The molecule has 0 spiro atoms. The maximum atomic E-state index is 12.9. The maximum absolute atomic E-state index is 12.9. The standard InChI is InChI=1S/C29H23N3O5/c1-19-13-14-25(26(15-19)32(34)35)31-29(33)23(17-30)16-21-9-6-12-27(36-2)28(21)37-18-22-10-5-8-20-7-3-4-11-24(20)22/h3-16H,18H2,1-2H3,(H,31,33)/b23-16+. The van der Waals surface area contributed by atoms with E-state index in [1.54, 1.807) is 31.2 Å². The van der Waals surface area contributed by atoms with Crippen LogP contribution in [0.2, 0.25) is 0 Å². The lowest BCUT2D eigenvalue weighted by molar-refractivity contribution is -0.384. The van der Waals surface area contributed by atoms with Crippen molar-refractivity contribution in [3.05, 3.63) is 111 Å². The molecule has 0 bridgehead atoms. The maximum Gasteiger partial charge on any atom is 0.293 e. The minimum absolute atomic E-state index is 0.000165. The number of para-hydroxylation sites is 1. The molecule has 184 valence electrons. The first kappa shape index (κ1) is 24.9. The van der Waals surface area contributed by atoms with Crippen LogP contribution in [0.15, 0.2) is 84.4 Å². The zero-order valence-electron chi connectivity index (χ0n) is 20.2. The molecule has 0 saturated heterocycles. The predicted octanol–water partition coefficient (Wildman–Crippen LogP) is 6.19. The highest BCUT2D eigenvalue weighted by atomic mass is 16.6. The fraction of sp³-hybridized carbons (Fsp3) is 0.103. The summed E-state index contributed by atoms with van der Waals surface area (Å²) in [6.07, 6.45) is 1.37. The van der Waals surface area contributed by atoms with E-state index in [1.165, 1.54) is 25.3 Å². The minimum atomic E-state index is -0.780. The van der Waals surface area contributed by atoms with Gasteiger partial charge in [-0.15, -0.1) is 0 Å². The molecule has 0 aromatic heterocycles. The second-order valence-electron chi connectivity index (χ2n) is 8.21. The zero-order chi connectivity index (χ0) is 26.4. The molecule has 0 heterocycles. The number of benzene rings is 4. The number of nitrogens with zero attached hydrogens (tertiary/aromatic N) is 2. The molecular weight excluding hydrogens is 470 g/mol. The molecule has 8 nitrogen and oxygen atoms in total. The Morgan fingerprint density at radius 3 is 2.59 bits per heavy atom. The number of nitro benzene ring substituents is 1. The average Bonchev–Trinajstić information content (AvgIpc) is 2.91. The van der Waals surface area contributed by atoms with Gasteiger partial charge in [0.25, 0.3) is 11.6 Å². The molecule has 0 aliphatic carbocycles. The summed E-state index contributed by atoms with van der Waals surface area (Å²) in [4.78, 5) is 23.7. The molecule has 37 heavy (non-hydrogen) atoms. The Morgan fingerprint density at radius 2 is 1.84 bits per heavy atom. The smallest absolute Gasteiger partial charge is 0.293 e. The number of ether oxygens (including phenoxy) is 2. The molecule has 4 aromatic carbocycles. The molecule has 8 heteroatoms. The number of aryl methyl sites for hydroxylation is 1. The molecule has 1 N–H and O–H groups in total. The highest BCUT2D eigenvalue weighted by Gasteiger charge is 2.19. The molecule has 4 aromatic rings. The summed E-state index contributed by atoms with van der Waals surface area (Å²) in [6.45, 7) is 1.94. The molecular formula is C29H23N3O5. The van der Waals surface area contributed by atoms with Crippen LogP contribution < -0.4 is 14.8 Å². The van der Waals surface area contributed by atoms with Gasteiger partial charge in [0.2, 0.25) is 0 Å². The number of nitro groups is 1. The highest BCUT2D eigenvalue weighted by molar-refractivity contribution is 6.10. The van der Waals surface area contributed by atoms with Gasteiger partial charge in [-0.05, 0) is 47.0 Å². The van der Waals surface area contributed by atoms with Gasteiger partial charge in [0.15, 0.2) is 11.5 Å². The van der Waals surface area contributed by atoms with Gasteiger partial charge < -0.3 is 14.8 Å². The van der Waals surface area contributed by atoms with Gasteiger partial charge in [-0.25, -0.2) is 0 Å². The van der Waals surface area contributed by atoms with Crippen LogP contribution in [-0.2, 0) is 11.4 Å². The van der Waals surface area contributed by atoms with E-state index in [4.69, 9.17) is 9.47 Å². The largest absolute Gasteiger partial charge is 0.493 e. The van der Waals surface area contributed by atoms with E-state index in [2.05, 4.69) is 5.32 Å². The Balaban J connectivity index is 1.65. The van der Waals surface area contributed by atoms with E-state index >= 15 is 0 Å². The Kier molecular flexibility index (Phi) is 7.45. The van der Waals surface area contributed by atoms with Crippen LogP contribution in [0.3, 0.4) is 0 Å². The van der Waals surface area contributed by atoms with Gasteiger partial charge in [-0.1, -0.05) is 60.7 Å². The fourth-order valence-corrected chi connectivity index (χ4v) is 3.92. The number of anilines is 1. The second kappa shape index (κ2) is 11.1. The molecule has 0 unspecified atom stereocenters. The van der Waals surface area contributed by atoms with Gasteiger partial charge in [0.05, 0.1) is 12.0 Å². The van der Waals surface area contributed by atoms with Crippen LogP contribution in [0.5, 0.6) is 11.5 Å². The predicted molar refractivity (Wildman–Crippen MR) is 141 cm³/mol. The van der Waals surface area contributed by atoms with Gasteiger partial charge in [0.1, 0.15) is 23.9 Å². The Hall–Kier alpha value is -5.16. The summed E-state index contributed by atoms with van der Waals surface area (Å²) in [5.74, 6) is 0.0120. The number of carbonyl (C=O) groups excluding carboxylic acids is 1. The van der Waals surface area contributed by atoms with Crippen LogP contribution in [0.4, 0.5) is 11.4 Å². The van der Waals surface area contributed by atoms with Crippen LogP contribution in [0.25, 0.3) is 16.8 Å². The third-order valence-corrected chi connectivity index (χ3v) is 5.74. The number of hydrogen-bond donors (Lipinski definition) is 1. The summed E-state index contributed by atoms with van der Waals surface area (Å²) in [7, 11) is 1.50. The number of rotatable bonds is 8. The van der Waals surface area contributed by atoms with Crippen LogP contribution in [0.1, 0.15) is 16.7 Å². The van der Waals surface area contributed by atoms with E-state index in [0.29, 0.717) is 22.6 Å². The van der Waals surface area contributed by atoms with Crippen molar-refractivity contribution >= 4 is 34.1 Å². The quantitative estimate of drug-likeness (QED) is 0.135. The Labute approximate surface area is 213 Å². The van der Waals surface area contributed by atoms with Gasteiger partial charge in [-0.3, -0.25) is 14.9 Å². The van der Waals surface area contributed by atoms with E-state index < -0.39 is 10.8 Å². The fourth-order valence-electron chi connectivity index (χ4n) is 3.92. The number of amides is 1. The lowest BCUT2D eigenvalue weighted by Gasteiger charge is -2.15. The van der Waals surface area contributed by atoms with Gasteiger partial charge in [0, 0.05) is 11.6 Å². The van der Waals surface area contributed by atoms with E-state index in [9.17, 15) is 20.2 Å². The Morgan fingerprint density at radius 1 is 1.08 bits per heavy atom. The molecule has 0 aliphatic rings. The SMILES string of the molecule is COc1cccc(/C=C(\C#N)C(=O)Nc2ccc(C)cc2[N+](=O)[O-])c1OCc1cccc2ccccc12. The molecule has 0 aliphatic heterocycles. The number of hydrogen-bond acceptors (Lipinski definition) is 6. The van der Waals surface area contributed by atoms with Crippen LogP contribution >= 0.6 is 0 Å². The second-order valence-corrected chi connectivity index (χ2v) is 8.21. The number of methoxy groups -OCH3 is 1. The minimum Gasteiger partial charge on any atom is -0.493 e. The van der Waals surface area contributed by atoms with Crippen molar-refractivity contribution in [2.75, 3.05) is 12.4 Å². The molecule has 1 amide bonds. The average molecular weight is 494 g/mol. The first-order valence-corrected chi connectivity index (χ1v) is 11.4. The lowest BCUT2D eigenvalue weighted by atomic mass is 10.1. The number of nitriles is 1. The number of fused-ring (bicyclic) bond motifs is 1. The van der Waals surface area contributed by atoms with Crippen molar-refractivity contribution in [3.63, 3.8) is 0 Å². The summed E-state index contributed by atoms with van der Waals surface area (Å²) >= 11 is 0. The molecule has 0 saturated carbocycles. The van der Waals surface area contributed by atoms with E-state index in [-0.39, 0.29) is 23.6 Å². The van der Waals surface area contributed by atoms with Crippen LogP contribution in [-0.4, -0.2) is 17.9 Å². The monoisotopic (exact) mass is 493 g/mol. The molecule has 4 rings (SSSR count). The summed E-state index contributed by atoms with van der Waals surface area (Å²) < 4.78 is 11.6. The van der Waals surface area contributed by atoms with Crippen molar-refractivity contribution in [2.24, 2.45) is 0 Å². The third-order valence-electron chi connectivity index (χ3n) is 5.74. The Bertz CT molecular complexity index is 1560. The molecule has 0 radical (unpaired) electrons. The first-order valence-electron chi connectivity index (χ1n) is 11.4. The third kappa shape index (κ3) is 5.57. The topological polar surface area (TPSA) is 114 Å². The zero-order valence-corrected chi connectivity index (χ0v) is 20.2. The van der Waals surface area contributed by atoms with Gasteiger partial charge >= 0.3 is 0 Å². The number of carbonyl (C=O) groups is 1. The summed E-state index contributed by atoms with van der Waals surface area (Å²) in [6, 6.07) is 25.3. The van der Waals surface area contributed by atoms with Crippen molar-refractivity contribution in [2.45, 2.75) is 13.5 Å². The van der Waals surface area contributed by atoms with E-state index in [1.807, 2.05) is 48.5 Å². The van der Waals surface area contributed by atoms with Crippen molar-refractivity contribution in [1.29, 1.82) is 5.26 Å². The summed E-state index contributed by atoms with van der Waals surface area (Å²) in [5.41, 5.74) is 1.57. The van der Waals surface area contributed by atoms with E-state index in [0.717, 1.165) is 16.3 Å². The number of nitrogens with one attached hydrogen (secondary N) is 1. The van der Waals surface area contributed by atoms with Crippen molar-refractivity contribution in [1.82, 2.24) is 0 Å². The molecule has 0 atom stereocenters. The lowest BCUT2D eigenvalue weighted by Crippen LogP contribution is -2.14. The summed E-state index contributed by atoms with van der Waals surface area (Å²) in [5, 5.41) is 25.7. The van der Waals surface area contributed by atoms with Gasteiger partial charge in [-0.2, -0.15) is 5.26 Å². The van der Waals surface area contributed by atoms with Crippen LogP contribution in [0, 0.1) is 28.4 Å². The molecule has 0 fully saturated rings. The van der Waals surface area contributed by atoms with Crippen molar-refractivity contribution in [3.8, 4) is 17.6 Å². The highest BCUT2D eigenvalue weighted by Crippen LogP contribution is 2.34. The first-order chi connectivity index (χ1) is 17.9. The van der Waals surface area contributed by atoms with Crippen molar-refractivity contribution < 1.29 is 19.2 Å². The normalized spacial score (nSPS) is 11.0.